The fourth-order valence-corrected chi connectivity index (χ4v) is 3.74. The van der Waals surface area contributed by atoms with E-state index in [9.17, 15) is 9.18 Å². The topological polar surface area (TPSA) is 63.1 Å². The van der Waals surface area contributed by atoms with E-state index in [0.29, 0.717) is 13.1 Å². The summed E-state index contributed by atoms with van der Waals surface area (Å²) in [6, 6.07) is 8.14. The second kappa shape index (κ2) is 7.25. The minimum atomic E-state index is -0.431. The standard InChI is InChI=1S/C18H18FN5OS/c19-15-3-1-2-4-16(15)20-18(25)23-8-5-14(6-9-23)24-11-17(21-22-24)13-7-10-26-12-13/h1-4,7,10-12,14H,5-6,8-9H2,(H,20,25). The van der Waals surface area contributed by atoms with Gasteiger partial charge in [-0.15, -0.1) is 5.10 Å². The monoisotopic (exact) mass is 371 g/mol. The van der Waals surface area contributed by atoms with E-state index in [1.165, 1.54) is 6.07 Å². The van der Waals surface area contributed by atoms with Crippen LogP contribution in [0.15, 0.2) is 47.3 Å². The van der Waals surface area contributed by atoms with E-state index in [1.807, 2.05) is 27.7 Å². The van der Waals surface area contributed by atoms with Crippen molar-refractivity contribution in [1.29, 1.82) is 0 Å². The molecule has 134 valence electrons. The maximum atomic E-state index is 13.7. The van der Waals surface area contributed by atoms with Gasteiger partial charge in [0.2, 0.25) is 0 Å². The molecule has 0 saturated carbocycles. The van der Waals surface area contributed by atoms with Gasteiger partial charge in [0.05, 0.1) is 17.9 Å². The van der Waals surface area contributed by atoms with E-state index in [0.717, 1.165) is 24.1 Å². The highest BCUT2D eigenvalue weighted by molar-refractivity contribution is 7.08. The van der Waals surface area contributed by atoms with Crippen LogP contribution in [0.2, 0.25) is 0 Å². The highest BCUT2D eigenvalue weighted by atomic mass is 32.1. The molecule has 4 rings (SSSR count). The zero-order valence-corrected chi connectivity index (χ0v) is 14.8. The summed E-state index contributed by atoms with van der Waals surface area (Å²) in [5.41, 5.74) is 2.14. The van der Waals surface area contributed by atoms with Gasteiger partial charge < -0.3 is 10.2 Å². The van der Waals surface area contributed by atoms with Gasteiger partial charge in [-0.05, 0) is 36.4 Å². The summed E-state index contributed by atoms with van der Waals surface area (Å²) in [6.45, 7) is 1.19. The smallest absolute Gasteiger partial charge is 0.321 e. The third-order valence-corrected chi connectivity index (χ3v) is 5.25. The van der Waals surface area contributed by atoms with Crippen LogP contribution in [0.3, 0.4) is 0 Å². The number of hydrogen-bond donors (Lipinski definition) is 1. The molecular formula is C18H18FN5OS. The largest absolute Gasteiger partial charge is 0.324 e. The van der Waals surface area contributed by atoms with Gasteiger partial charge >= 0.3 is 6.03 Å². The lowest BCUT2D eigenvalue weighted by atomic mass is 10.1. The third kappa shape index (κ3) is 3.45. The summed E-state index contributed by atoms with van der Waals surface area (Å²) in [7, 11) is 0. The van der Waals surface area contributed by atoms with Gasteiger partial charge in [0.1, 0.15) is 11.5 Å². The van der Waals surface area contributed by atoms with Crippen molar-refractivity contribution >= 4 is 23.1 Å². The molecule has 2 aromatic heterocycles. The molecule has 1 aromatic carbocycles. The number of likely N-dealkylation sites (tertiary alicyclic amines) is 1. The van der Waals surface area contributed by atoms with E-state index < -0.39 is 5.82 Å². The Labute approximate surface area is 154 Å². The Morgan fingerprint density at radius 3 is 2.77 bits per heavy atom. The van der Waals surface area contributed by atoms with E-state index in [-0.39, 0.29) is 17.8 Å². The molecule has 1 N–H and O–H groups in total. The SMILES string of the molecule is O=C(Nc1ccccc1F)N1CCC(n2cc(-c3ccsc3)nn2)CC1. The van der Waals surface area contributed by atoms with Crippen molar-refractivity contribution in [3.63, 3.8) is 0 Å². The lowest BCUT2D eigenvalue weighted by molar-refractivity contribution is 0.179. The fraction of sp³-hybridized carbons (Fsp3) is 0.278. The zero-order valence-electron chi connectivity index (χ0n) is 14.0. The number of thiophene rings is 1. The third-order valence-electron chi connectivity index (χ3n) is 4.57. The number of nitrogens with zero attached hydrogens (tertiary/aromatic N) is 4. The number of anilines is 1. The number of hydrogen-bond acceptors (Lipinski definition) is 4. The maximum Gasteiger partial charge on any atom is 0.321 e. The Morgan fingerprint density at radius 2 is 2.04 bits per heavy atom. The van der Waals surface area contributed by atoms with Gasteiger partial charge in [-0.25, -0.2) is 13.9 Å². The first-order valence-electron chi connectivity index (χ1n) is 8.45. The highest BCUT2D eigenvalue weighted by Gasteiger charge is 2.25. The second-order valence-electron chi connectivity index (χ2n) is 6.22. The molecule has 0 unspecified atom stereocenters. The molecule has 0 atom stereocenters. The summed E-state index contributed by atoms with van der Waals surface area (Å²) < 4.78 is 15.6. The quantitative estimate of drug-likeness (QED) is 0.756. The lowest BCUT2D eigenvalue weighted by Crippen LogP contribution is -2.41. The van der Waals surface area contributed by atoms with Crippen LogP contribution in [0.25, 0.3) is 11.3 Å². The van der Waals surface area contributed by atoms with Crippen LogP contribution in [-0.2, 0) is 0 Å². The summed E-state index contributed by atoms with van der Waals surface area (Å²) in [4.78, 5) is 14.0. The fourth-order valence-electron chi connectivity index (χ4n) is 3.09. The van der Waals surface area contributed by atoms with Crippen molar-refractivity contribution < 1.29 is 9.18 Å². The molecule has 0 bridgehead atoms. The summed E-state index contributed by atoms with van der Waals surface area (Å²) in [5.74, 6) is -0.431. The molecule has 8 heteroatoms. The maximum absolute atomic E-state index is 13.7. The number of carbonyl (C=O) groups is 1. The average Bonchev–Trinajstić information content (AvgIpc) is 3.35. The number of urea groups is 1. The molecule has 0 radical (unpaired) electrons. The van der Waals surface area contributed by atoms with Crippen LogP contribution < -0.4 is 5.32 Å². The van der Waals surface area contributed by atoms with Gasteiger partial charge in [0, 0.05) is 24.0 Å². The average molecular weight is 371 g/mol. The Bertz CT molecular complexity index is 887. The molecule has 1 aliphatic rings. The van der Waals surface area contributed by atoms with E-state index in [4.69, 9.17) is 0 Å². The molecule has 26 heavy (non-hydrogen) atoms. The van der Waals surface area contributed by atoms with Crippen molar-refractivity contribution in [3.8, 4) is 11.3 Å². The van der Waals surface area contributed by atoms with Crippen LogP contribution >= 0.6 is 11.3 Å². The highest BCUT2D eigenvalue weighted by Crippen LogP contribution is 2.25. The number of para-hydroxylation sites is 1. The van der Waals surface area contributed by atoms with E-state index in [2.05, 4.69) is 15.6 Å². The summed E-state index contributed by atoms with van der Waals surface area (Å²) >= 11 is 1.63. The molecule has 1 fully saturated rings. The number of piperidine rings is 1. The molecule has 3 heterocycles. The van der Waals surface area contributed by atoms with Crippen LogP contribution in [0.5, 0.6) is 0 Å². The number of rotatable bonds is 3. The van der Waals surface area contributed by atoms with Crippen LogP contribution in [0, 0.1) is 5.82 Å². The van der Waals surface area contributed by atoms with Crippen molar-refractivity contribution in [2.45, 2.75) is 18.9 Å². The lowest BCUT2D eigenvalue weighted by Gasteiger charge is -2.31. The molecular weight excluding hydrogens is 353 g/mol. The first kappa shape index (κ1) is 16.7. The predicted molar refractivity (Wildman–Crippen MR) is 98.6 cm³/mol. The normalized spacial score (nSPS) is 15.2. The molecule has 1 saturated heterocycles. The number of nitrogens with one attached hydrogen (secondary N) is 1. The van der Waals surface area contributed by atoms with Crippen molar-refractivity contribution in [3.05, 3.63) is 53.1 Å². The molecule has 2 amide bonds. The number of carbonyl (C=O) groups excluding carboxylic acids is 1. The van der Waals surface area contributed by atoms with Crippen molar-refractivity contribution in [1.82, 2.24) is 19.9 Å². The van der Waals surface area contributed by atoms with Gasteiger partial charge in [-0.1, -0.05) is 17.3 Å². The molecule has 6 nitrogen and oxygen atoms in total. The van der Waals surface area contributed by atoms with Gasteiger partial charge in [-0.2, -0.15) is 11.3 Å². The van der Waals surface area contributed by atoms with Crippen molar-refractivity contribution in [2.24, 2.45) is 0 Å². The molecule has 0 aliphatic carbocycles. The minimum absolute atomic E-state index is 0.205. The van der Waals surface area contributed by atoms with Crippen LogP contribution in [0.4, 0.5) is 14.9 Å². The number of amides is 2. The van der Waals surface area contributed by atoms with Gasteiger partial charge in [0.15, 0.2) is 0 Å². The Hall–Kier alpha value is -2.74. The minimum Gasteiger partial charge on any atom is -0.324 e. The molecule has 3 aromatic rings. The molecule has 1 aliphatic heterocycles. The van der Waals surface area contributed by atoms with Gasteiger partial charge in [-0.3, -0.25) is 0 Å². The van der Waals surface area contributed by atoms with Crippen LogP contribution in [0.1, 0.15) is 18.9 Å². The summed E-state index contributed by atoms with van der Waals surface area (Å²) in [6.07, 6.45) is 3.54. The van der Waals surface area contributed by atoms with Crippen molar-refractivity contribution in [2.75, 3.05) is 18.4 Å². The predicted octanol–water partition coefficient (Wildman–Crippen LogP) is 4.01. The first-order chi connectivity index (χ1) is 12.7. The van der Waals surface area contributed by atoms with E-state index in [1.54, 1.807) is 34.4 Å². The Morgan fingerprint density at radius 1 is 1.23 bits per heavy atom. The zero-order chi connectivity index (χ0) is 17.9. The molecule has 0 spiro atoms. The number of halogens is 1. The number of aromatic nitrogens is 3. The van der Waals surface area contributed by atoms with Crippen LogP contribution in [-0.4, -0.2) is 39.0 Å². The summed E-state index contributed by atoms with van der Waals surface area (Å²) in [5, 5.41) is 15.2. The number of benzene rings is 1. The Balaban J connectivity index is 1.35. The van der Waals surface area contributed by atoms with Gasteiger partial charge in [0.25, 0.3) is 0 Å². The second-order valence-corrected chi connectivity index (χ2v) is 7.00. The Kier molecular flexibility index (Phi) is 4.66. The first-order valence-corrected chi connectivity index (χ1v) is 9.40. The van der Waals surface area contributed by atoms with E-state index >= 15 is 0 Å².